The van der Waals surface area contributed by atoms with E-state index in [0.29, 0.717) is 16.7 Å². The summed E-state index contributed by atoms with van der Waals surface area (Å²) in [5.41, 5.74) is 3.08. The van der Waals surface area contributed by atoms with Crippen LogP contribution in [0.15, 0.2) is 66.7 Å². The van der Waals surface area contributed by atoms with Gasteiger partial charge < -0.3 is 15.4 Å². The lowest BCUT2D eigenvalue weighted by Gasteiger charge is -2.18. The summed E-state index contributed by atoms with van der Waals surface area (Å²) in [6, 6.07) is 17.8. The van der Waals surface area contributed by atoms with Crippen LogP contribution in [0.2, 0.25) is 0 Å². The van der Waals surface area contributed by atoms with Crippen LogP contribution in [0.25, 0.3) is 0 Å². The summed E-state index contributed by atoms with van der Waals surface area (Å²) in [7, 11) is 0. The van der Waals surface area contributed by atoms with Gasteiger partial charge in [0.2, 0.25) is 6.10 Å². The molecular weight excluding hydrogens is 450 g/mol. The van der Waals surface area contributed by atoms with Gasteiger partial charge in [-0.2, -0.15) is 0 Å². The van der Waals surface area contributed by atoms with E-state index < -0.39 is 35.4 Å². The normalized spacial score (nSPS) is 11.3. The summed E-state index contributed by atoms with van der Waals surface area (Å²) in [5, 5.41) is 16.4. The van der Waals surface area contributed by atoms with Crippen molar-refractivity contribution in [2.24, 2.45) is 0 Å². The number of nitrogens with zero attached hydrogens (tertiary/aromatic N) is 1. The van der Waals surface area contributed by atoms with E-state index in [1.165, 1.54) is 12.1 Å². The summed E-state index contributed by atoms with van der Waals surface area (Å²) in [4.78, 5) is 48.8. The maximum Gasteiger partial charge on any atom is 0.326 e. The predicted octanol–water partition coefficient (Wildman–Crippen LogP) is 4.17. The highest BCUT2D eigenvalue weighted by Gasteiger charge is 2.27. The van der Waals surface area contributed by atoms with Crippen molar-refractivity contribution in [3.05, 3.63) is 105 Å². The summed E-state index contributed by atoms with van der Waals surface area (Å²) in [6.45, 7) is 5.03. The van der Waals surface area contributed by atoms with Crippen LogP contribution in [0.1, 0.15) is 38.7 Å². The van der Waals surface area contributed by atoms with Crippen molar-refractivity contribution in [3.8, 4) is 0 Å². The maximum atomic E-state index is 13.0. The molecule has 0 aliphatic carbocycles. The number of aryl methyl sites for hydroxylation is 3. The van der Waals surface area contributed by atoms with E-state index in [0.717, 1.165) is 11.1 Å². The second-order valence-electron chi connectivity index (χ2n) is 8.03. The Balaban J connectivity index is 1.74. The number of ether oxygens (including phenoxy) is 1. The van der Waals surface area contributed by atoms with Crippen LogP contribution < -0.4 is 10.6 Å². The minimum Gasteiger partial charge on any atom is -0.446 e. The third-order valence-electron chi connectivity index (χ3n) is 5.36. The summed E-state index contributed by atoms with van der Waals surface area (Å²) < 4.78 is 5.39. The van der Waals surface area contributed by atoms with Crippen LogP contribution in [-0.2, 0) is 14.3 Å². The Morgan fingerprint density at radius 1 is 0.943 bits per heavy atom. The van der Waals surface area contributed by atoms with Crippen molar-refractivity contribution in [2.45, 2.75) is 26.9 Å². The molecule has 0 aliphatic rings. The van der Waals surface area contributed by atoms with Gasteiger partial charge in [0, 0.05) is 17.2 Å². The molecule has 0 spiro atoms. The number of nitro benzene ring substituents is 1. The van der Waals surface area contributed by atoms with E-state index >= 15 is 0 Å². The fourth-order valence-electron chi connectivity index (χ4n) is 3.31. The van der Waals surface area contributed by atoms with Gasteiger partial charge in [-0.3, -0.25) is 24.5 Å². The molecule has 0 saturated carbocycles. The number of nitro groups is 1. The smallest absolute Gasteiger partial charge is 0.326 e. The molecular formula is C26H25N3O6. The molecule has 9 nitrogen and oxygen atoms in total. The lowest BCUT2D eigenvalue weighted by atomic mass is 10.1. The molecule has 0 saturated heterocycles. The molecule has 0 bridgehead atoms. The number of rotatable bonds is 8. The fraction of sp³-hybridized carbons (Fsp3) is 0.192. The van der Waals surface area contributed by atoms with Crippen LogP contribution in [-0.4, -0.2) is 29.3 Å². The zero-order valence-electron chi connectivity index (χ0n) is 19.5. The van der Waals surface area contributed by atoms with Crippen LogP contribution in [0, 0.1) is 30.9 Å². The average molecular weight is 476 g/mol. The van der Waals surface area contributed by atoms with Gasteiger partial charge >= 0.3 is 5.97 Å². The quantitative estimate of drug-likeness (QED) is 0.286. The zero-order valence-corrected chi connectivity index (χ0v) is 19.5. The van der Waals surface area contributed by atoms with E-state index in [-0.39, 0.29) is 11.4 Å². The Hall–Kier alpha value is -4.53. The van der Waals surface area contributed by atoms with E-state index in [1.54, 1.807) is 55.5 Å². The first-order chi connectivity index (χ1) is 16.7. The van der Waals surface area contributed by atoms with Gasteiger partial charge in [-0.15, -0.1) is 0 Å². The molecule has 3 rings (SSSR count). The first-order valence-corrected chi connectivity index (χ1v) is 10.8. The molecule has 0 fully saturated rings. The third-order valence-corrected chi connectivity index (χ3v) is 5.36. The highest BCUT2D eigenvalue weighted by Crippen LogP contribution is 2.27. The van der Waals surface area contributed by atoms with Crippen molar-refractivity contribution in [3.63, 3.8) is 0 Å². The standard InChI is InChI=1S/C26H25N3O6/c1-16-9-12-21(22(13-16)29(33)34)28-26(32)24(19-7-5-4-6-8-19)35-23(30)15-27-25(31)20-11-10-17(2)18(3)14-20/h4-14,24H,15H2,1-3H3,(H,27,31)(H,28,32). The predicted molar refractivity (Wildman–Crippen MR) is 130 cm³/mol. The van der Waals surface area contributed by atoms with Crippen molar-refractivity contribution in [2.75, 3.05) is 11.9 Å². The van der Waals surface area contributed by atoms with E-state index in [4.69, 9.17) is 4.74 Å². The maximum absolute atomic E-state index is 13.0. The van der Waals surface area contributed by atoms with Crippen molar-refractivity contribution in [1.82, 2.24) is 5.32 Å². The van der Waals surface area contributed by atoms with E-state index in [9.17, 15) is 24.5 Å². The highest BCUT2D eigenvalue weighted by atomic mass is 16.6. The van der Waals surface area contributed by atoms with Crippen LogP contribution in [0.4, 0.5) is 11.4 Å². The molecule has 0 aliphatic heterocycles. The number of nitrogens with one attached hydrogen (secondary N) is 2. The second kappa shape index (κ2) is 11.1. The average Bonchev–Trinajstić information content (AvgIpc) is 2.84. The van der Waals surface area contributed by atoms with Gasteiger partial charge in [-0.25, -0.2) is 0 Å². The largest absolute Gasteiger partial charge is 0.446 e. The highest BCUT2D eigenvalue weighted by molar-refractivity contribution is 5.99. The minimum absolute atomic E-state index is 0.0226. The summed E-state index contributed by atoms with van der Waals surface area (Å²) in [6.07, 6.45) is -1.39. The Morgan fingerprint density at radius 2 is 1.66 bits per heavy atom. The number of carbonyl (C=O) groups excluding carboxylic acids is 3. The molecule has 1 atom stereocenters. The molecule has 1 unspecified atom stereocenters. The second-order valence-corrected chi connectivity index (χ2v) is 8.03. The molecule has 2 N–H and O–H groups in total. The van der Waals surface area contributed by atoms with Gasteiger partial charge in [0.25, 0.3) is 17.5 Å². The molecule has 2 amide bonds. The summed E-state index contributed by atoms with van der Waals surface area (Å²) in [5.74, 6) is -2.07. The van der Waals surface area contributed by atoms with E-state index in [2.05, 4.69) is 10.6 Å². The Labute approximate surface area is 202 Å². The number of benzene rings is 3. The number of carbonyl (C=O) groups is 3. The SMILES string of the molecule is Cc1ccc(NC(=O)C(OC(=O)CNC(=O)c2ccc(C)c(C)c2)c2ccccc2)c([N+](=O)[O-])c1. The van der Waals surface area contributed by atoms with Crippen LogP contribution in [0.5, 0.6) is 0 Å². The fourth-order valence-corrected chi connectivity index (χ4v) is 3.31. The number of anilines is 1. The van der Waals surface area contributed by atoms with Crippen LogP contribution in [0.3, 0.4) is 0 Å². The number of esters is 1. The van der Waals surface area contributed by atoms with Crippen molar-refractivity contribution < 1.29 is 24.0 Å². The number of hydrogen-bond acceptors (Lipinski definition) is 6. The van der Waals surface area contributed by atoms with Crippen molar-refractivity contribution in [1.29, 1.82) is 0 Å². The molecule has 0 aromatic heterocycles. The zero-order chi connectivity index (χ0) is 25.5. The van der Waals surface area contributed by atoms with E-state index in [1.807, 2.05) is 19.9 Å². The van der Waals surface area contributed by atoms with Gasteiger partial charge in [0.1, 0.15) is 12.2 Å². The molecule has 180 valence electrons. The molecule has 3 aromatic rings. The Kier molecular flexibility index (Phi) is 7.93. The Bertz CT molecular complexity index is 1270. The van der Waals surface area contributed by atoms with Gasteiger partial charge in [0.15, 0.2) is 0 Å². The third kappa shape index (κ3) is 6.50. The molecule has 3 aromatic carbocycles. The first-order valence-electron chi connectivity index (χ1n) is 10.8. The number of hydrogen-bond donors (Lipinski definition) is 2. The molecule has 0 radical (unpaired) electrons. The first kappa shape index (κ1) is 25.1. The molecule has 0 heterocycles. The van der Waals surface area contributed by atoms with Crippen LogP contribution >= 0.6 is 0 Å². The lowest BCUT2D eigenvalue weighted by Crippen LogP contribution is -2.33. The number of amides is 2. The minimum atomic E-state index is -1.39. The van der Waals surface area contributed by atoms with Gasteiger partial charge in [0.05, 0.1) is 4.92 Å². The summed E-state index contributed by atoms with van der Waals surface area (Å²) >= 11 is 0. The van der Waals surface area contributed by atoms with Crippen molar-refractivity contribution >= 4 is 29.2 Å². The van der Waals surface area contributed by atoms with Gasteiger partial charge in [-0.1, -0.05) is 42.5 Å². The lowest BCUT2D eigenvalue weighted by molar-refractivity contribution is -0.384. The molecule has 9 heteroatoms. The monoisotopic (exact) mass is 475 g/mol. The Morgan fingerprint density at radius 3 is 2.31 bits per heavy atom. The molecule has 35 heavy (non-hydrogen) atoms. The topological polar surface area (TPSA) is 128 Å². The van der Waals surface area contributed by atoms with Gasteiger partial charge in [-0.05, 0) is 55.7 Å².